The van der Waals surface area contributed by atoms with Crippen LogP contribution in [0.1, 0.15) is 62.5 Å². The fourth-order valence-corrected chi connectivity index (χ4v) is 5.30. The van der Waals surface area contributed by atoms with Crippen LogP contribution in [0.4, 0.5) is 4.79 Å². The van der Waals surface area contributed by atoms with E-state index in [1.54, 1.807) is 4.90 Å². The lowest BCUT2D eigenvalue weighted by Crippen LogP contribution is -2.46. The largest absolute Gasteiger partial charge is 0.481 e. The Kier molecular flexibility index (Phi) is 7.73. The van der Waals surface area contributed by atoms with E-state index in [0.29, 0.717) is 19.5 Å². The predicted molar refractivity (Wildman–Crippen MR) is 133 cm³/mol. The van der Waals surface area contributed by atoms with Crippen molar-refractivity contribution in [3.8, 4) is 11.1 Å². The van der Waals surface area contributed by atoms with Gasteiger partial charge in [0.25, 0.3) is 0 Å². The Hall–Kier alpha value is -3.35. The van der Waals surface area contributed by atoms with Crippen LogP contribution in [-0.2, 0) is 14.3 Å². The SMILES string of the molecule is CCCN(CCC(=O)O)C(=O)CC1(CNC(=O)OCC2c3ccccc3-c3ccccc32)CCC1. The molecule has 1 fully saturated rings. The molecule has 7 nitrogen and oxygen atoms in total. The minimum absolute atomic E-state index is 0.00391. The number of benzene rings is 2. The topological polar surface area (TPSA) is 95.9 Å². The highest BCUT2D eigenvalue weighted by Gasteiger charge is 2.40. The zero-order valence-electron chi connectivity index (χ0n) is 20.3. The Morgan fingerprint density at radius 3 is 2.20 bits per heavy atom. The minimum atomic E-state index is -0.908. The molecule has 2 aromatic rings. The molecule has 186 valence electrons. The third kappa shape index (κ3) is 5.66. The summed E-state index contributed by atoms with van der Waals surface area (Å²) < 4.78 is 5.65. The molecule has 0 radical (unpaired) electrons. The summed E-state index contributed by atoms with van der Waals surface area (Å²) in [7, 11) is 0. The van der Waals surface area contributed by atoms with Crippen molar-refractivity contribution in [2.45, 2.75) is 51.4 Å². The first-order valence-corrected chi connectivity index (χ1v) is 12.5. The molecular formula is C28H34N2O5. The summed E-state index contributed by atoms with van der Waals surface area (Å²) in [6.07, 6.45) is 3.30. The number of aliphatic carboxylic acids is 1. The Labute approximate surface area is 206 Å². The number of alkyl carbamates (subject to hydrolysis) is 1. The van der Waals surface area contributed by atoms with E-state index in [4.69, 9.17) is 9.84 Å². The van der Waals surface area contributed by atoms with Gasteiger partial charge < -0.3 is 20.1 Å². The van der Waals surface area contributed by atoms with E-state index >= 15 is 0 Å². The quantitative estimate of drug-likeness (QED) is 0.484. The number of fused-ring (bicyclic) bond motifs is 3. The van der Waals surface area contributed by atoms with Crippen LogP contribution >= 0.6 is 0 Å². The van der Waals surface area contributed by atoms with Crippen LogP contribution in [0.2, 0.25) is 0 Å². The molecule has 2 N–H and O–H groups in total. The standard InChI is InChI=1S/C28H34N2O5/c1-2-15-30(16-12-26(32)33)25(31)17-28(13-7-14-28)19-29-27(34)35-18-24-22-10-5-3-8-20(22)21-9-4-6-11-23(21)24/h3-6,8-11,24H,2,7,12-19H2,1H3,(H,29,34)(H,32,33). The van der Waals surface area contributed by atoms with Crippen LogP contribution < -0.4 is 5.32 Å². The molecule has 1 saturated carbocycles. The first-order valence-electron chi connectivity index (χ1n) is 12.5. The summed E-state index contributed by atoms with van der Waals surface area (Å²) in [5.74, 6) is -0.944. The molecule has 0 spiro atoms. The monoisotopic (exact) mass is 478 g/mol. The van der Waals surface area contributed by atoms with Gasteiger partial charge in [0.15, 0.2) is 0 Å². The van der Waals surface area contributed by atoms with Crippen molar-refractivity contribution in [2.24, 2.45) is 5.41 Å². The normalized spacial score (nSPS) is 15.5. The minimum Gasteiger partial charge on any atom is -0.481 e. The Balaban J connectivity index is 1.32. The molecule has 0 atom stereocenters. The van der Waals surface area contributed by atoms with Crippen LogP contribution in [0.25, 0.3) is 11.1 Å². The zero-order chi connectivity index (χ0) is 24.8. The van der Waals surface area contributed by atoms with Crippen LogP contribution in [0.15, 0.2) is 48.5 Å². The predicted octanol–water partition coefficient (Wildman–Crippen LogP) is 4.80. The number of carboxylic acids is 1. The first-order chi connectivity index (χ1) is 16.9. The highest BCUT2D eigenvalue weighted by atomic mass is 16.5. The van der Waals surface area contributed by atoms with Gasteiger partial charge in [-0.2, -0.15) is 0 Å². The number of carbonyl (C=O) groups is 3. The van der Waals surface area contributed by atoms with Crippen LogP contribution in [0, 0.1) is 5.41 Å². The molecule has 7 heteroatoms. The van der Waals surface area contributed by atoms with Crippen molar-refractivity contribution < 1.29 is 24.2 Å². The number of ether oxygens (including phenoxy) is 1. The molecule has 4 rings (SSSR count). The second kappa shape index (κ2) is 10.9. The maximum Gasteiger partial charge on any atom is 0.407 e. The second-order valence-electron chi connectivity index (χ2n) is 9.73. The lowest BCUT2D eigenvalue weighted by atomic mass is 9.66. The molecule has 0 bridgehead atoms. The molecule has 2 aliphatic carbocycles. The van der Waals surface area contributed by atoms with Gasteiger partial charge in [-0.1, -0.05) is 61.9 Å². The number of carboxylic acid groups (broad SMARTS) is 1. The molecule has 0 unspecified atom stereocenters. The van der Waals surface area contributed by atoms with Gasteiger partial charge in [0.1, 0.15) is 6.61 Å². The summed E-state index contributed by atoms with van der Waals surface area (Å²) in [5, 5.41) is 11.9. The van der Waals surface area contributed by atoms with Gasteiger partial charge in [-0.25, -0.2) is 4.79 Å². The summed E-state index contributed by atoms with van der Waals surface area (Å²) in [6.45, 7) is 3.37. The fourth-order valence-electron chi connectivity index (χ4n) is 5.30. The van der Waals surface area contributed by atoms with Gasteiger partial charge in [0.05, 0.1) is 6.42 Å². The van der Waals surface area contributed by atoms with Crippen LogP contribution in [0.3, 0.4) is 0 Å². The van der Waals surface area contributed by atoms with Crippen molar-refractivity contribution >= 4 is 18.0 Å². The summed E-state index contributed by atoms with van der Waals surface area (Å²) >= 11 is 0. The van der Waals surface area contributed by atoms with Crippen molar-refractivity contribution in [1.29, 1.82) is 0 Å². The molecule has 0 heterocycles. The van der Waals surface area contributed by atoms with E-state index in [-0.39, 0.29) is 36.8 Å². The summed E-state index contributed by atoms with van der Waals surface area (Å²) in [6, 6.07) is 16.4. The van der Waals surface area contributed by atoms with E-state index in [9.17, 15) is 14.4 Å². The van der Waals surface area contributed by atoms with Crippen molar-refractivity contribution in [2.75, 3.05) is 26.2 Å². The van der Waals surface area contributed by atoms with Gasteiger partial charge in [0.2, 0.25) is 5.91 Å². The molecule has 35 heavy (non-hydrogen) atoms. The maximum absolute atomic E-state index is 12.9. The zero-order valence-corrected chi connectivity index (χ0v) is 20.3. The van der Waals surface area contributed by atoms with E-state index in [1.165, 1.54) is 22.3 Å². The third-order valence-electron chi connectivity index (χ3n) is 7.33. The lowest BCUT2D eigenvalue weighted by Gasteiger charge is -2.42. The third-order valence-corrected chi connectivity index (χ3v) is 7.33. The molecule has 0 aliphatic heterocycles. The van der Waals surface area contributed by atoms with Gasteiger partial charge in [0, 0.05) is 32.0 Å². The summed E-state index contributed by atoms with van der Waals surface area (Å²) in [4.78, 5) is 38.1. The molecule has 0 saturated heterocycles. The smallest absolute Gasteiger partial charge is 0.407 e. The molecule has 0 aromatic heterocycles. The maximum atomic E-state index is 12.9. The number of carbonyl (C=O) groups excluding carboxylic acids is 2. The molecule has 2 aliphatic rings. The van der Waals surface area contributed by atoms with Crippen molar-refractivity contribution in [1.82, 2.24) is 10.2 Å². The average molecular weight is 479 g/mol. The van der Waals surface area contributed by atoms with E-state index < -0.39 is 12.1 Å². The number of amides is 2. The Morgan fingerprint density at radius 2 is 1.66 bits per heavy atom. The average Bonchev–Trinajstić information content (AvgIpc) is 3.15. The van der Waals surface area contributed by atoms with Gasteiger partial charge in [-0.15, -0.1) is 0 Å². The van der Waals surface area contributed by atoms with E-state index in [0.717, 1.165) is 25.7 Å². The molecule has 2 aromatic carbocycles. The van der Waals surface area contributed by atoms with E-state index in [1.807, 2.05) is 31.2 Å². The summed E-state index contributed by atoms with van der Waals surface area (Å²) in [5.41, 5.74) is 4.42. The van der Waals surface area contributed by atoms with Gasteiger partial charge in [-0.3, -0.25) is 9.59 Å². The van der Waals surface area contributed by atoms with Crippen molar-refractivity contribution in [3.05, 3.63) is 59.7 Å². The molecular weight excluding hydrogens is 444 g/mol. The first kappa shape index (κ1) is 24.8. The van der Waals surface area contributed by atoms with Gasteiger partial charge >= 0.3 is 12.1 Å². The fraction of sp³-hybridized carbons (Fsp3) is 0.464. The lowest BCUT2D eigenvalue weighted by molar-refractivity contribution is -0.139. The Bertz CT molecular complexity index is 1030. The van der Waals surface area contributed by atoms with Crippen molar-refractivity contribution in [3.63, 3.8) is 0 Å². The Morgan fingerprint density at radius 1 is 1.03 bits per heavy atom. The highest BCUT2D eigenvalue weighted by Crippen LogP contribution is 2.45. The number of rotatable bonds is 11. The number of hydrogen-bond donors (Lipinski definition) is 2. The number of nitrogens with zero attached hydrogens (tertiary/aromatic N) is 1. The van der Waals surface area contributed by atoms with Crippen LogP contribution in [-0.4, -0.2) is 54.2 Å². The number of hydrogen-bond acceptors (Lipinski definition) is 4. The molecule has 2 amide bonds. The highest BCUT2D eigenvalue weighted by molar-refractivity contribution is 5.79. The van der Waals surface area contributed by atoms with Gasteiger partial charge in [-0.05, 0) is 46.9 Å². The van der Waals surface area contributed by atoms with E-state index in [2.05, 4.69) is 29.6 Å². The number of nitrogens with one attached hydrogen (secondary N) is 1. The second-order valence-corrected chi connectivity index (χ2v) is 9.73. The van der Waals surface area contributed by atoms with Crippen LogP contribution in [0.5, 0.6) is 0 Å².